The molecule has 24 heavy (non-hydrogen) atoms. The topological polar surface area (TPSA) is 41.6 Å². The Morgan fingerprint density at radius 2 is 1.83 bits per heavy atom. The van der Waals surface area contributed by atoms with Gasteiger partial charge in [0.1, 0.15) is 12.4 Å². The highest BCUT2D eigenvalue weighted by atomic mass is 16.5. The average Bonchev–Trinajstić information content (AvgIpc) is 2.60. The first-order chi connectivity index (χ1) is 11.6. The predicted molar refractivity (Wildman–Crippen MR) is 94.8 cm³/mol. The Hall–Kier alpha value is -2.33. The normalized spacial score (nSPS) is 16.4. The van der Waals surface area contributed by atoms with Gasteiger partial charge in [-0.2, -0.15) is 0 Å². The number of carbonyl (C=O) groups excluding carboxylic acids is 1. The number of rotatable bonds is 5. The summed E-state index contributed by atoms with van der Waals surface area (Å²) in [7, 11) is 4.10. The Kier molecular flexibility index (Phi) is 5.16. The molecule has 0 saturated heterocycles. The summed E-state index contributed by atoms with van der Waals surface area (Å²) >= 11 is 0. The minimum Gasteiger partial charge on any atom is -0.492 e. The van der Waals surface area contributed by atoms with Gasteiger partial charge >= 0.3 is 0 Å². The summed E-state index contributed by atoms with van der Waals surface area (Å²) in [5.41, 5.74) is 3.52. The second-order valence-electron chi connectivity index (χ2n) is 6.54. The van der Waals surface area contributed by atoms with Gasteiger partial charge in [0.25, 0.3) is 0 Å². The van der Waals surface area contributed by atoms with Crippen LogP contribution in [0.1, 0.15) is 16.7 Å². The molecule has 0 unspecified atom stereocenters. The zero-order valence-electron chi connectivity index (χ0n) is 14.3. The molecule has 0 spiro atoms. The number of amides is 1. The molecular formula is C20H24N2O2. The number of ether oxygens (including phenoxy) is 1. The fourth-order valence-electron chi connectivity index (χ4n) is 3.05. The van der Waals surface area contributed by atoms with Gasteiger partial charge < -0.3 is 15.0 Å². The quantitative estimate of drug-likeness (QED) is 0.919. The summed E-state index contributed by atoms with van der Waals surface area (Å²) in [6.45, 7) is 1.87. The fraction of sp³-hybridized carbons (Fsp3) is 0.350. The second-order valence-corrected chi connectivity index (χ2v) is 6.54. The van der Waals surface area contributed by atoms with Gasteiger partial charge in [-0.25, -0.2) is 0 Å². The maximum Gasteiger partial charge on any atom is 0.227 e. The predicted octanol–water partition coefficient (Wildman–Crippen LogP) is 2.62. The molecule has 126 valence electrons. The fourth-order valence-corrected chi connectivity index (χ4v) is 3.05. The van der Waals surface area contributed by atoms with Crippen LogP contribution in [0.25, 0.3) is 0 Å². The van der Waals surface area contributed by atoms with Crippen LogP contribution < -0.4 is 10.1 Å². The number of nitrogens with zero attached hydrogens (tertiary/aromatic N) is 1. The van der Waals surface area contributed by atoms with Crippen molar-refractivity contribution in [1.29, 1.82) is 0 Å². The molecular weight excluding hydrogens is 300 g/mol. The van der Waals surface area contributed by atoms with Crippen molar-refractivity contribution in [3.05, 3.63) is 65.2 Å². The zero-order chi connectivity index (χ0) is 16.9. The van der Waals surface area contributed by atoms with Gasteiger partial charge in [-0.05, 0) is 43.3 Å². The van der Waals surface area contributed by atoms with Gasteiger partial charge in [-0.1, -0.05) is 42.5 Å². The van der Waals surface area contributed by atoms with Gasteiger partial charge in [0.05, 0.1) is 5.92 Å². The lowest BCUT2D eigenvalue weighted by Gasteiger charge is -2.24. The van der Waals surface area contributed by atoms with Crippen molar-refractivity contribution in [1.82, 2.24) is 10.2 Å². The molecule has 2 aromatic rings. The molecule has 0 saturated carbocycles. The van der Waals surface area contributed by atoms with Gasteiger partial charge in [-0.3, -0.25) is 4.79 Å². The van der Waals surface area contributed by atoms with E-state index in [2.05, 4.69) is 22.3 Å². The van der Waals surface area contributed by atoms with E-state index >= 15 is 0 Å². The van der Waals surface area contributed by atoms with Crippen LogP contribution in [-0.2, 0) is 24.3 Å². The average molecular weight is 324 g/mol. The van der Waals surface area contributed by atoms with Crippen molar-refractivity contribution >= 4 is 5.91 Å². The summed E-state index contributed by atoms with van der Waals surface area (Å²) in [5.74, 6) is 0.836. The standard InChI is InChI=1S/C20H24N2O2/c1-22(2)13-17-9-4-3-8-16(17)12-21-20(23)18-11-15-7-5-6-10-19(15)24-14-18/h3-10,18H,11-14H2,1-2H3,(H,21,23)/t18-/m0/s1. The minimum absolute atomic E-state index is 0.0594. The Balaban J connectivity index is 1.61. The van der Waals surface area contributed by atoms with E-state index in [1.165, 1.54) is 5.56 Å². The number of carbonyl (C=O) groups is 1. The maximum absolute atomic E-state index is 12.5. The highest BCUT2D eigenvalue weighted by Crippen LogP contribution is 2.26. The van der Waals surface area contributed by atoms with Crippen molar-refractivity contribution in [2.75, 3.05) is 20.7 Å². The van der Waals surface area contributed by atoms with E-state index in [4.69, 9.17) is 4.74 Å². The molecule has 0 radical (unpaired) electrons. The zero-order valence-corrected chi connectivity index (χ0v) is 14.3. The number of fused-ring (bicyclic) bond motifs is 1. The monoisotopic (exact) mass is 324 g/mol. The molecule has 0 aliphatic carbocycles. The molecule has 4 heteroatoms. The van der Waals surface area contributed by atoms with Crippen molar-refractivity contribution in [3.8, 4) is 5.75 Å². The van der Waals surface area contributed by atoms with Gasteiger partial charge in [0, 0.05) is 13.1 Å². The lowest BCUT2D eigenvalue weighted by atomic mass is 9.96. The van der Waals surface area contributed by atoms with Gasteiger partial charge in [0.2, 0.25) is 5.91 Å². The van der Waals surface area contributed by atoms with Crippen LogP contribution in [0.3, 0.4) is 0 Å². The smallest absolute Gasteiger partial charge is 0.227 e. The van der Waals surface area contributed by atoms with Crippen LogP contribution in [0.5, 0.6) is 5.75 Å². The maximum atomic E-state index is 12.5. The molecule has 0 aromatic heterocycles. The van der Waals surface area contributed by atoms with Crippen LogP contribution in [0, 0.1) is 5.92 Å². The lowest BCUT2D eigenvalue weighted by Crippen LogP contribution is -2.37. The van der Waals surface area contributed by atoms with E-state index in [1.54, 1.807) is 0 Å². The summed E-state index contributed by atoms with van der Waals surface area (Å²) in [5, 5.41) is 3.08. The van der Waals surface area contributed by atoms with Crippen LogP contribution in [0.15, 0.2) is 48.5 Å². The van der Waals surface area contributed by atoms with Crippen LogP contribution in [0.2, 0.25) is 0 Å². The van der Waals surface area contributed by atoms with Crippen molar-refractivity contribution in [2.24, 2.45) is 5.92 Å². The number of hydrogen-bond donors (Lipinski definition) is 1. The number of hydrogen-bond acceptors (Lipinski definition) is 3. The molecule has 1 aliphatic rings. The summed E-state index contributed by atoms with van der Waals surface area (Å²) in [4.78, 5) is 14.6. The van der Waals surface area contributed by atoms with Crippen LogP contribution in [-0.4, -0.2) is 31.5 Å². The summed E-state index contributed by atoms with van der Waals surface area (Å²) < 4.78 is 5.72. The van der Waals surface area contributed by atoms with E-state index in [9.17, 15) is 4.79 Å². The number of para-hydroxylation sites is 1. The molecule has 1 heterocycles. The van der Waals surface area contributed by atoms with Gasteiger partial charge in [-0.15, -0.1) is 0 Å². The highest BCUT2D eigenvalue weighted by molar-refractivity contribution is 5.79. The third kappa shape index (κ3) is 3.95. The summed E-state index contributed by atoms with van der Waals surface area (Å²) in [6, 6.07) is 16.2. The molecule has 1 atom stereocenters. The first kappa shape index (κ1) is 16.5. The van der Waals surface area contributed by atoms with E-state index in [0.717, 1.165) is 29.8 Å². The molecule has 0 bridgehead atoms. The van der Waals surface area contributed by atoms with Crippen LogP contribution in [0.4, 0.5) is 0 Å². The summed E-state index contributed by atoms with van der Waals surface area (Å²) in [6.07, 6.45) is 0.737. The molecule has 1 aliphatic heterocycles. The van der Waals surface area contributed by atoms with E-state index in [-0.39, 0.29) is 11.8 Å². The minimum atomic E-state index is -0.124. The van der Waals surface area contributed by atoms with Crippen LogP contribution >= 0.6 is 0 Å². The molecule has 2 aromatic carbocycles. The first-order valence-electron chi connectivity index (χ1n) is 8.33. The third-order valence-corrected chi connectivity index (χ3v) is 4.31. The highest BCUT2D eigenvalue weighted by Gasteiger charge is 2.25. The van der Waals surface area contributed by atoms with Crippen molar-refractivity contribution in [2.45, 2.75) is 19.5 Å². The largest absolute Gasteiger partial charge is 0.492 e. The van der Waals surface area contributed by atoms with Gasteiger partial charge in [0.15, 0.2) is 0 Å². The SMILES string of the molecule is CN(C)Cc1ccccc1CNC(=O)[C@@H]1COc2ccccc2C1. The van der Waals surface area contributed by atoms with E-state index in [0.29, 0.717) is 13.2 Å². The second kappa shape index (κ2) is 7.49. The lowest BCUT2D eigenvalue weighted by molar-refractivity contribution is -0.126. The molecule has 4 nitrogen and oxygen atoms in total. The van der Waals surface area contributed by atoms with E-state index < -0.39 is 0 Å². The molecule has 0 fully saturated rings. The molecule has 1 amide bonds. The number of benzene rings is 2. The number of nitrogens with one attached hydrogen (secondary N) is 1. The Morgan fingerprint density at radius 1 is 1.12 bits per heavy atom. The van der Waals surface area contributed by atoms with E-state index in [1.807, 2.05) is 50.5 Å². The Bertz CT molecular complexity index is 712. The van der Waals surface area contributed by atoms with Crippen molar-refractivity contribution < 1.29 is 9.53 Å². The third-order valence-electron chi connectivity index (χ3n) is 4.31. The van der Waals surface area contributed by atoms with Crippen molar-refractivity contribution in [3.63, 3.8) is 0 Å². The Morgan fingerprint density at radius 3 is 2.62 bits per heavy atom. The Labute approximate surface area is 143 Å². The molecule has 1 N–H and O–H groups in total. The first-order valence-corrected chi connectivity index (χ1v) is 8.33. The molecule has 3 rings (SSSR count).